The van der Waals surface area contributed by atoms with Crippen LogP contribution in [0.3, 0.4) is 0 Å². The van der Waals surface area contributed by atoms with Gasteiger partial charge in [-0.15, -0.1) is 0 Å². The summed E-state index contributed by atoms with van der Waals surface area (Å²) in [5.74, 6) is 12.7. The monoisotopic (exact) mass is 959 g/mol. The van der Waals surface area contributed by atoms with E-state index in [4.69, 9.17) is 12.2 Å². The Hall–Kier alpha value is -1.64. The third kappa shape index (κ3) is 11.0. The van der Waals surface area contributed by atoms with Crippen LogP contribution in [0.15, 0.2) is 60.7 Å². The minimum atomic E-state index is -1.70. The van der Waals surface area contributed by atoms with Crippen molar-refractivity contribution in [1.82, 2.24) is 0 Å². The van der Waals surface area contributed by atoms with Crippen molar-refractivity contribution in [1.29, 1.82) is 0 Å². The van der Waals surface area contributed by atoms with Crippen molar-refractivity contribution < 1.29 is 12.2 Å². The molecule has 0 aliphatic heterocycles. The molecule has 8 aliphatic carbocycles. The first-order chi connectivity index (χ1) is 34.4. The van der Waals surface area contributed by atoms with E-state index >= 15 is 0 Å². The molecule has 2 aromatic rings. The molecule has 12 unspecified atom stereocenters. The van der Waals surface area contributed by atoms with Crippen LogP contribution in [-0.4, -0.2) is 12.2 Å². The van der Waals surface area contributed by atoms with Crippen LogP contribution >= 0.6 is 0 Å². The molecule has 10 rings (SSSR count). The van der Waals surface area contributed by atoms with Gasteiger partial charge in [0.15, 0.2) is 0 Å². The average molecular weight is 960 g/mol. The van der Waals surface area contributed by atoms with Crippen LogP contribution in [0.25, 0.3) is 0 Å². The van der Waals surface area contributed by atoms with Crippen LogP contribution in [0.2, 0.25) is 0 Å². The third-order valence-electron chi connectivity index (χ3n) is 24.1. The Morgan fingerprint density at radius 3 is 1.33 bits per heavy atom. The van der Waals surface area contributed by atoms with Gasteiger partial charge in [0.05, 0.1) is 28.1 Å². The first-order valence-electron chi connectivity index (χ1n) is 31.7. The smallest absolute Gasteiger partial charge is 0.0720 e. The molecule has 0 N–H and O–H groups in total. The summed E-state index contributed by atoms with van der Waals surface area (Å²) in [7, 11) is 0. The maximum Gasteiger partial charge on any atom is 0.0720 e. The summed E-state index contributed by atoms with van der Waals surface area (Å²) in [6.07, 6.45) is 33.9. The van der Waals surface area contributed by atoms with Crippen molar-refractivity contribution in [3.63, 3.8) is 0 Å². The first-order valence-corrected chi connectivity index (χ1v) is 30.7. The summed E-state index contributed by atoms with van der Waals surface area (Å²) >= 11 is 0. The largest absolute Gasteiger partial charge is 0.374 e. The van der Waals surface area contributed by atoms with Crippen LogP contribution < -0.4 is 0 Å². The minimum absolute atomic E-state index is 0.0428. The van der Waals surface area contributed by atoms with Gasteiger partial charge in [0.1, 0.15) is 0 Å². The molecule has 18 atom stereocenters. The molecule has 70 heavy (non-hydrogen) atoms. The van der Waals surface area contributed by atoms with E-state index in [1.54, 1.807) is 0 Å². The summed E-state index contributed by atoms with van der Waals surface area (Å²) in [4.78, 5) is 0. The minimum Gasteiger partial charge on any atom is -0.374 e. The molecule has 8 fully saturated rings. The molecule has 2 aromatic carbocycles. The maximum absolute atomic E-state index is 8.59. The number of ether oxygens (including phenoxy) is 2. The van der Waals surface area contributed by atoms with E-state index in [-0.39, 0.29) is 6.10 Å². The highest BCUT2D eigenvalue weighted by Crippen LogP contribution is 2.70. The zero-order valence-corrected chi connectivity index (χ0v) is 47.0. The van der Waals surface area contributed by atoms with Crippen LogP contribution in [0.4, 0.5) is 0 Å². The van der Waals surface area contributed by atoms with Gasteiger partial charge in [-0.05, 0) is 231 Å². The van der Waals surface area contributed by atoms with E-state index < -0.39 is 6.56 Å². The lowest BCUT2D eigenvalue weighted by molar-refractivity contribution is -0.138. The molecule has 0 bridgehead atoms. The number of rotatable bonds is 16. The second-order valence-electron chi connectivity index (χ2n) is 28.5. The number of hydrogen-bond acceptors (Lipinski definition) is 2. The zero-order valence-electron chi connectivity index (χ0n) is 49.0. The topological polar surface area (TPSA) is 18.5 Å². The van der Waals surface area contributed by atoms with E-state index in [1.165, 1.54) is 147 Å². The van der Waals surface area contributed by atoms with Gasteiger partial charge < -0.3 is 9.47 Å². The molecular formula is C68H108O2. The Labute approximate surface area is 435 Å². The van der Waals surface area contributed by atoms with Crippen molar-refractivity contribution in [2.75, 3.05) is 0 Å². The number of fused-ring (bicyclic) bond motifs is 10. The zero-order chi connectivity index (χ0) is 51.1. The molecule has 2 nitrogen and oxygen atoms in total. The molecule has 392 valence electrons. The van der Waals surface area contributed by atoms with Crippen molar-refractivity contribution in [2.24, 2.45) is 105 Å². The van der Waals surface area contributed by atoms with Crippen molar-refractivity contribution in [3.8, 4) is 0 Å². The Kier molecular flexibility index (Phi) is 16.4. The predicted octanol–water partition coefficient (Wildman–Crippen LogP) is 19.4. The van der Waals surface area contributed by atoms with Crippen LogP contribution in [0.1, 0.15) is 237 Å². The summed E-state index contributed by atoms with van der Waals surface area (Å²) in [5, 5.41) is 0. The van der Waals surface area contributed by atoms with E-state index in [1.807, 2.05) is 30.3 Å². The number of benzene rings is 2. The Balaban J connectivity index is 0.000000178. The summed E-state index contributed by atoms with van der Waals surface area (Å²) in [6.45, 7) is 24.6. The molecule has 0 spiro atoms. The second kappa shape index (κ2) is 22.7. The normalized spacial score (nSPS) is 42.4. The SMILES string of the molecule is CC(C)CCCC(C)C1CCC2C3CCC4C[C@@H](OCc5ccccc5)CC[C@]4(C)C3CC[C@]12C.[2H]C([2H])(O[C@H]1CC[C@@]2(C)C(CCC3C4CCC(C(C)CCCC(C)C)[C@@]4(C)CCC32)C1)c1ccccc1. The lowest BCUT2D eigenvalue weighted by Gasteiger charge is -2.61. The van der Waals surface area contributed by atoms with Gasteiger partial charge in [0, 0.05) is 0 Å². The van der Waals surface area contributed by atoms with Crippen LogP contribution in [-0.2, 0) is 22.6 Å². The quantitative estimate of drug-likeness (QED) is 0.167. The standard InChI is InChI=1S/2C34H54O/c2*1-24(2)10-9-11-25(3)30-16-17-31-29-15-14-27-22-28(35-23-26-12-7-6-8-13-26)18-20-33(27,4)32(29)19-21-34(30,31)5/h2*6-8,12-13,24-25,27-32H,9-11,14-23H2,1-5H3/t2*25?,27?,28-,29?,30?,31?,32?,33-,34+/m00/s1/i23D2;. The van der Waals surface area contributed by atoms with Gasteiger partial charge in [0.2, 0.25) is 0 Å². The van der Waals surface area contributed by atoms with Crippen molar-refractivity contribution >= 4 is 0 Å². The molecule has 8 aliphatic rings. The van der Waals surface area contributed by atoms with E-state index in [0.29, 0.717) is 39.2 Å². The summed E-state index contributed by atoms with van der Waals surface area (Å²) < 4.78 is 29.9. The highest BCUT2D eigenvalue weighted by Gasteiger charge is 2.62. The third-order valence-corrected chi connectivity index (χ3v) is 24.1. The maximum atomic E-state index is 8.59. The lowest BCUT2D eigenvalue weighted by atomic mass is 9.44. The van der Waals surface area contributed by atoms with E-state index in [9.17, 15) is 0 Å². The molecule has 0 heterocycles. The van der Waals surface area contributed by atoms with Gasteiger partial charge >= 0.3 is 0 Å². The molecule has 0 aromatic heterocycles. The Morgan fingerprint density at radius 2 is 0.871 bits per heavy atom. The second-order valence-corrected chi connectivity index (χ2v) is 28.5. The molecule has 0 saturated heterocycles. The van der Waals surface area contributed by atoms with Gasteiger partial charge in [0.25, 0.3) is 0 Å². The van der Waals surface area contributed by atoms with Gasteiger partial charge in [-0.3, -0.25) is 0 Å². The summed E-state index contributed by atoms with van der Waals surface area (Å²) in [6, 6.07) is 20.3. The fraction of sp³-hybridized carbons (Fsp3) is 0.824. The lowest BCUT2D eigenvalue weighted by Crippen LogP contribution is -2.54. The predicted molar refractivity (Wildman–Crippen MR) is 296 cm³/mol. The molecular weight excluding hydrogens is 849 g/mol. The number of hydrogen-bond donors (Lipinski definition) is 0. The van der Waals surface area contributed by atoms with Gasteiger partial charge in [-0.2, -0.15) is 0 Å². The van der Waals surface area contributed by atoms with Gasteiger partial charge in [-0.1, -0.05) is 168 Å². The fourth-order valence-corrected chi connectivity index (χ4v) is 20.2. The molecule has 0 amide bonds. The Bertz CT molecular complexity index is 2000. The van der Waals surface area contributed by atoms with Crippen LogP contribution in [0.5, 0.6) is 0 Å². The van der Waals surface area contributed by atoms with Gasteiger partial charge in [-0.25, -0.2) is 0 Å². The molecule has 0 radical (unpaired) electrons. The van der Waals surface area contributed by atoms with Crippen molar-refractivity contribution in [2.45, 2.75) is 249 Å². The van der Waals surface area contributed by atoms with Crippen LogP contribution in [0, 0.1) is 105 Å². The van der Waals surface area contributed by atoms with E-state index in [0.717, 1.165) is 96.4 Å². The van der Waals surface area contributed by atoms with E-state index in [2.05, 4.69) is 99.6 Å². The highest BCUT2D eigenvalue weighted by atomic mass is 16.5. The summed E-state index contributed by atoms with van der Waals surface area (Å²) in [5.41, 5.74) is 4.14. The Morgan fingerprint density at radius 1 is 0.457 bits per heavy atom. The molecule has 2 heteroatoms. The average Bonchev–Trinajstić information content (AvgIpc) is 3.91. The fourth-order valence-electron chi connectivity index (χ4n) is 20.2. The highest BCUT2D eigenvalue weighted by molar-refractivity contribution is 5.16. The molecule has 8 saturated carbocycles. The van der Waals surface area contributed by atoms with Crippen molar-refractivity contribution in [3.05, 3.63) is 71.8 Å². The first kappa shape index (κ1) is 50.5.